The third kappa shape index (κ3) is 2.31. The Kier molecular flexibility index (Phi) is 2.91. The topological polar surface area (TPSA) is 104 Å². The van der Waals surface area contributed by atoms with E-state index in [1.165, 1.54) is 0 Å². The minimum atomic E-state index is -1.14. The van der Waals surface area contributed by atoms with Crippen molar-refractivity contribution in [3.05, 3.63) is 10.1 Å². The Labute approximate surface area is 97.1 Å². The van der Waals surface area contributed by atoms with E-state index in [0.29, 0.717) is 0 Å². The summed E-state index contributed by atoms with van der Waals surface area (Å²) in [5.41, 5.74) is 0. The molecule has 0 aromatic heterocycles. The largest absolute Gasteiger partial charge is 0.343 e. The standard InChI is InChI=1S/C9H12N2O6/c1-9(2)15-6-5(3-4-10)14-8(7(6)16-9)17-11(12)13/h5-8H,3H2,1-2H3/t5-,6-,7-,8+/m1/s1. The van der Waals surface area contributed by atoms with Crippen molar-refractivity contribution in [3.8, 4) is 6.07 Å². The van der Waals surface area contributed by atoms with Crippen LogP contribution < -0.4 is 0 Å². The minimum absolute atomic E-state index is 0.0676. The molecule has 2 heterocycles. The fraction of sp³-hybridized carbons (Fsp3) is 0.889. The summed E-state index contributed by atoms with van der Waals surface area (Å²) in [6.45, 7) is 3.38. The molecule has 0 bridgehead atoms. The number of fused-ring (bicyclic) bond motifs is 1. The Balaban J connectivity index is 2.12. The summed E-state index contributed by atoms with van der Waals surface area (Å²) < 4.78 is 16.3. The fourth-order valence-electron chi connectivity index (χ4n) is 2.07. The van der Waals surface area contributed by atoms with E-state index in [4.69, 9.17) is 19.5 Å². The lowest BCUT2D eigenvalue weighted by molar-refractivity contribution is -0.781. The third-order valence-electron chi connectivity index (χ3n) is 2.59. The normalized spacial score (nSPS) is 38.4. The molecule has 2 saturated heterocycles. The van der Waals surface area contributed by atoms with Gasteiger partial charge in [-0.3, -0.25) is 4.84 Å². The van der Waals surface area contributed by atoms with Crippen molar-refractivity contribution in [2.75, 3.05) is 0 Å². The van der Waals surface area contributed by atoms with Gasteiger partial charge in [0.1, 0.15) is 18.3 Å². The first-order valence-corrected chi connectivity index (χ1v) is 5.12. The number of nitrogens with zero attached hydrogens (tertiary/aromatic N) is 2. The molecule has 0 aromatic rings. The zero-order chi connectivity index (χ0) is 12.6. The van der Waals surface area contributed by atoms with Gasteiger partial charge in [-0.15, -0.1) is 10.1 Å². The van der Waals surface area contributed by atoms with Crippen LogP contribution in [0.15, 0.2) is 0 Å². The highest BCUT2D eigenvalue weighted by Gasteiger charge is 2.56. The zero-order valence-corrected chi connectivity index (χ0v) is 9.36. The number of rotatable bonds is 3. The molecule has 8 nitrogen and oxygen atoms in total. The number of hydrogen-bond donors (Lipinski definition) is 0. The van der Waals surface area contributed by atoms with Crippen LogP contribution >= 0.6 is 0 Å². The fourth-order valence-corrected chi connectivity index (χ4v) is 2.07. The summed E-state index contributed by atoms with van der Waals surface area (Å²) in [6, 6.07) is 1.94. The van der Waals surface area contributed by atoms with Gasteiger partial charge in [0.05, 0.1) is 12.5 Å². The van der Waals surface area contributed by atoms with Crippen molar-refractivity contribution >= 4 is 0 Å². The van der Waals surface area contributed by atoms with Gasteiger partial charge in [-0.1, -0.05) is 0 Å². The van der Waals surface area contributed by atoms with Gasteiger partial charge >= 0.3 is 0 Å². The Bertz CT molecular complexity index is 365. The molecule has 2 aliphatic heterocycles. The van der Waals surface area contributed by atoms with E-state index < -0.39 is 35.5 Å². The van der Waals surface area contributed by atoms with Crippen molar-refractivity contribution in [2.24, 2.45) is 0 Å². The number of hydrogen-bond acceptors (Lipinski definition) is 7. The van der Waals surface area contributed by atoms with Crippen LogP contribution in [0.5, 0.6) is 0 Å². The molecule has 0 aliphatic carbocycles. The summed E-state index contributed by atoms with van der Waals surface area (Å²) in [7, 11) is 0. The van der Waals surface area contributed by atoms with E-state index >= 15 is 0 Å². The maximum absolute atomic E-state index is 10.3. The second kappa shape index (κ2) is 4.10. The summed E-state index contributed by atoms with van der Waals surface area (Å²) >= 11 is 0. The van der Waals surface area contributed by atoms with Crippen LogP contribution in [0.3, 0.4) is 0 Å². The van der Waals surface area contributed by atoms with Crippen molar-refractivity contribution in [1.82, 2.24) is 0 Å². The number of ether oxygens (including phenoxy) is 3. The lowest BCUT2D eigenvalue weighted by atomic mass is 10.1. The lowest BCUT2D eigenvalue weighted by Gasteiger charge is -2.22. The lowest BCUT2D eigenvalue weighted by Crippen LogP contribution is -2.33. The van der Waals surface area contributed by atoms with Gasteiger partial charge in [0.15, 0.2) is 5.79 Å². The smallest absolute Gasteiger partial charge is 0.297 e. The molecule has 0 N–H and O–H groups in total. The minimum Gasteiger partial charge on any atom is -0.343 e. The predicted molar refractivity (Wildman–Crippen MR) is 50.8 cm³/mol. The van der Waals surface area contributed by atoms with E-state index in [2.05, 4.69) is 4.84 Å². The molecule has 0 saturated carbocycles. The summed E-state index contributed by atoms with van der Waals surface area (Å²) in [6.07, 6.45) is -2.85. The molecule has 0 spiro atoms. The molecule has 0 radical (unpaired) electrons. The van der Waals surface area contributed by atoms with Crippen LogP contribution in [0, 0.1) is 21.4 Å². The molecular formula is C9H12N2O6. The first-order chi connectivity index (χ1) is 7.93. The van der Waals surface area contributed by atoms with Crippen molar-refractivity contribution in [3.63, 3.8) is 0 Å². The third-order valence-corrected chi connectivity index (χ3v) is 2.59. The number of nitriles is 1. The molecule has 94 valence electrons. The quantitative estimate of drug-likeness (QED) is 0.521. The summed E-state index contributed by atoms with van der Waals surface area (Å²) in [5, 5.41) is 18.0. The maximum atomic E-state index is 10.3. The highest BCUT2D eigenvalue weighted by molar-refractivity contribution is 4.97. The van der Waals surface area contributed by atoms with Crippen LogP contribution in [0.4, 0.5) is 0 Å². The molecule has 0 unspecified atom stereocenters. The average Bonchev–Trinajstić information content (AvgIpc) is 2.63. The van der Waals surface area contributed by atoms with Crippen LogP contribution in [-0.2, 0) is 19.0 Å². The molecule has 17 heavy (non-hydrogen) atoms. The maximum Gasteiger partial charge on any atom is 0.297 e. The van der Waals surface area contributed by atoms with Gasteiger partial charge in [-0.05, 0) is 13.8 Å². The van der Waals surface area contributed by atoms with Crippen molar-refractivity contribution in [1.29, 1.82) is 5.26 Å². The van der Waals surface area contributed by atoms with E-state index in [1.54, 1.807) is 13.8 Å². The SMILES string of the molecule is CC1(C)O[C@H]2[C@H](O[N+](=O)[O-])O[C@H](CC#N)[C@H]2O1. The molecule has 0 aromatic carbocycles. The van der Waals surface area contributed by atoms with E-state index in [9.17, 15) is 10.1 Å². The molecule has 2 rings (SSSR count). The Morgan fingerprint density at radius 3 is 2.71 bits per heavy atom. The first-order valence-electron chi connectivity index (χ1n) is 5.12. The van der Waals surface area contributed by atoms with Crippen LogP contribution in [0.2, 0.25) is 0 Å². The second-order valence-electron chi connectivity index (χ2n) is 4.30. The van der Waals surface area contributed by atoms with Crippen LogP contribution in [-0.4, -0.2) is 35.5 Å². The van der Waals surface area contributed by atoms with Gasteiger partial charge < -0.3 is 14.2 Å². The molecule has 8 heteroatoms. The molecule has 2 aliphatic rings. The Hall–Kier alpha value is -1.43. The Morgan fingerprint density at radius 2 is 2.12 bits per heavy atom. The van der Waals surface area contributed by atoms with Gasteiger partial charge in [-0.25, -0.2) is 0 Å². The first kappa shape index (κ1) is 12.0. The van der Waals surface area contributed by atoms with E-state index in [1.807, 2.05) is 6.07 Å². The Morgan fingerprint density at radius 1 is 1.47 bits per heavy atom. The van der Waals surface area contributed by atoms with Crippen molar-refractivity contribution < 1.29 is 24.1 Å². The molecule has 4 atom stereocenters. The summed E-state index contributed by atoms with van der Waals surface area (Å²) in [5.74, 6) is -0.856. The highest BCUT2D eigenvalue weighted by atomic mass is 17.0. The van der Waals surface area contributed by atoms with Gasteiger partial charge in [0, 0.05) is 0 Å². The predicted octanol–water partition coefficient (Wildman–Crippen LogP) is 0.353. The van der Waals surface area contributed by atoms with E-state index in [-0.39, 0.29) is 6.42 Å². The second-order valence-corrected chi connectivity index (χ2v) is 4.30. The molecule has 2 fully saturated rings. The van der Waals surface area contributed by atoms with Gasteiger partial charge in [-0.2, -0.15) is 5.26 Å². The van der Waals surface area contributed by atoms with Crippen LogP contribution in [0.25, 0.3) is 0 Å². The molecular weight excluding hydrogens is 232 g/mol. The van der Waals surface area contributed by atoms with Crippen LogP contribution in [0.1, 0.15) is 20.3 Å². The van der Waals surface area contributed by atoms with Crippen molar-refractivity contribution in [2.45, 2.75) is 50.7 Å². The van der Waals surface area contributed by atoms with Gasteiger partial charge in [0.2, 0.25) is 6.29 Å². The molecule has 0 amide bonds. The average molecular weight is 244 g/mol. The van der Waals surface area contributed by atoms with Gasteiger partial charge in [0.25, 0.3) is 5.09 Å². The zero-order valence-electron chi connectivity index (χ0n) is 9.36. The monoisotopic (exact) mass is 244 g/mol. The summed E-state index contributed by atoms with van der Waals surface area (Å²) in [4.78, 5) is 14.7. The highest BCUT2D eigenvalue weighted by Crippen LogP contribution is 2.39. The van der Waals surface area contributed by atoms with E-state index in [0.717, 1.165) is 0 Å².